The molecule has 6 aliphatic carbocycles. The van der Waals surface area contributed by atoms with Gasteiger partial charge in [-0.15, -0.1) is 0 Å². The Morgan fingerprint density at radius 1 is 0.961 bits per heavy atom. The first-order valence-corrected chi connectivity index (χ1v) is 20.9. The molecule has 0 amide bonds. The SMILES string of the molecule is CCCCCC(O)CCC1C(O)CC(=O)[C@@H]1CCCCCCCC(=O)O[C@]1(C(C)=O)CCC2C3C=C(Cl)C4=CC(=O)C5C[C@@H]5C4(C)C3CCC21C. The Bertz CT molecular complexity index is 1420. The second kappa shape index (κ2) is 15.5. The molecule has 0 heterocycles. The van der Waals surface area contributed by atoms with Crippen LogP contribution in [-0.2, 0) is 23.9 Å². The van der Waals surface area contributed by atoms with Gasteiger partial charge in [-0.25, -0.2) is 0 Å². The summed E-state index contributed by atoms with van der Waals surface area (Å²) in [6.45, 7) is 8.23. The highest BCUT2D eigenvalue weighted by molar-refractivity contribution is 6.32. The zero-order valence-electron chi connectivity index (χ0n) is 31.6. The summed E-state index contributed by atoms with van der Waals surface area (Å²) < 4.78 is 6.33. The minimum Gasteiger partial charge on any atom is -0.450 e. The van der Waals surface area contributed by atoms with Gasteiger partial charge < -0.3 is 14.9 Å². The fourth-order valence-corrected chi connectivity index (χ4v) is 12.5. The molecule has 12 atom stereocenters. The number of unbranched alkanes of at least 4 members (excludes halogenated alkanes) is 6. The molecule has 0 aliphatic heterocycles. The summed E-state index contributed by atoms with van der Waals surface area (Å²) in [5.74, 6) is 1.06. The quantitative estimate of drug-likeness (QED) is 0.114. The number of hydrogen-bond donors (Lipinski definition) is 2. The zero-order valence-corrected chi connectivity index (χ0v) is 32.4. The highest BCUT2D eigenvalue weighted by Crippen LogP contribution is 2.72. The summed E-state index contributed by atoms with van der Waals surface area (Å²) >= 11 is 6.95. The number of ketones is 3. The lowest BCUT2D eigenvalue weighted by atomic mass is 9.47. The van der Waals surface area contributed by atoms with E-state index < -0.39 is 17.1 Å². The molecule has 0 saturated heterocycles. The predicted octanol–water partition coefficient (Wildman–Crippen LogP) is 8.61. The lowest BCUT2D eigenvalue weighted by Crippen LogP contribution is -2.58. The highest BCUT2D eigenvalue weighted by Gasteiger charge is 2.70. The summed E-state index contributed by atoms with van der Waals surface area (Å²) in [6, 6.07) is 0. The van der Waals surface area contributed by atoms with Crippen molar-refractivity contribution in [3.05, 3.63) is 22.8 Å². The average molecular weight is 727 g/mol. The number of aliphatic hydroxyl groups excluding tert-OH is 2. The van der Waals surface area contributed by atoms with Crippen LogP contribution in [0.1, 0.15) is 150 Å². The fourth-order valence-electron chi connectivity index (χ4n) is 12.1. The first-order chi connectivity index (χ1) is 24.3. The summed E-state index contributed by atoms with van der Waals surface area (Å²) in [6.07, 6.45) is 18.1. The Labute approximate surface area is 310 Å². The number of rotatable bonds is 17. The van der Waals surface area contributed by atoms with Gasteiger partial charge >= 0.3 is 5.97 Å². The second-order valence-corrected chi connectivity index (χ2v) is 18.3. The van der Waals surface area contributed by atoms with Gasteiger partial charge in [0, 0.05) is 40.5 Å². The highest BCUT2D eigenvalue weighted by atomic mass is 35.5. The number of allylic oxidation sites excluding steroid dienone is 4. The van der Waals surface area contributed by atoms with E-state index in [0.717, 1.165) is 89.0 Å². The molecule has 2 N–H and O–H groups in total. The van der Waals surface area contributed by atoms with Gasteiger partial charge in [-0.1, -0.05) is 83.4 Å². The van der Waals surface area contributed by atoms with Gasteiger partial charge in [-0.3, -0.25) is 19.2 Å². The number of aliphatic hydroxyl groups is 2. The van der Waals surface area contributed by atoms with Crippen molar-refractivity contribution in [1.82, 2.24) is 0 Å². The van der Waals surface area contributed by atoms with Crippen LogP contribution in [0.25, 0.3) is 0 Å². The minimum absolute atomic E-state index is 0.0548. The molecule has 0 aromatic carbocycles. The standard InChI is InChI=1S/C43H63ClO7/c1-5-6-10-13-27(46)16-17-29-28(38(48)25-39(29)49)14-11-8-7-9-12-15-40(50)51-43(26(2)45)21-19-32-30-23-36(44)35-24-37(47)31-22-34(31)42(35,4)33(30)18-20-41(32,43)3/h23-24,27-34,39,46,49H,5-22,25H2,1-4H3/t27?,28-,29?,30?,31?,32?,33?,34+,39?,41?,42?,43+/m1/s1. The van der Waals surface area contributed by atoms with E-state index in [1.807, 2.05) is 6.08 Å². The first kappa shape index (κ1) is 38.9. The number of carbonyl (C=O) groups excluding carboxylic acids is 4. The van der Waals surface area contributed by atoms with E-state index in [4.69, 9.17) is 16.3 Å². The third-order valence-electron chi connectivity index (χ3n) is 15.2. The van der Waals surface area contributed by atoms with Gasteiger partial charge in [-0.2, -0.15) is 0 Å². The summed E-state index contributed by atoms with van der Waals surface area (Å²) in [5.41, 5.74) is -0.701. The van der Waals surface area contributed by atoms with Crippen LogP contribution >= 0.6 is 11.6 Å². The third-order valence-corrected chi connectivity index (χ3v) is 15.5. The molecular formula is C43H63ClO7. The molecule has 0 spiro atoms. The average Bonchev–Trinajstić information content (AvgIpc) is 3.78. The molecule has 6 rings (SSSR count). The van der Waals surface area contributed by atoms with E-state index >= 15 is 0 Å². The Hall–Kier alpha value is -1.83. The van der Waals surface area contributed by atoms with Crippen LogP contribution in [0.2, 0.25) is 0 Å². The van der Waals surface area contributed by atoms with Crippen molar-refractivity contribution in [3.63, 3.8) is 0 Å². The molecular weight excluding hydrogens is 664 g/mol. The number of esters is 1. The number of Topliss-reactive ketones (excluding diaryl/α,β-unsaturated/α-hetero) is 2. The molecule has 0 radical (unpaired) electrons. The molecule has 7 nitrogen and oxygen atoms in total. The van der Waals surface area contributed by atoms with Gasteiger partial charge in [0.05, 0.1) is 12.2 Å². The minimum atomic E-state index is -1.12. The number of hydrogen-bond acceptors (Lipinski definition) is 7. The van der Waals surface area contributed by atoms with E-state index in [1.54, 1.807) is 6.92 Å². The normalized spacial score (nSPS) is 40.1. The van der Waals surface area contributed by atoms with Gasteiger partial charge in [0.25, 0.3) is 0 Å². The lowest BCUT2D eigenvalue weighted by Gasteiger charge is -2.57. The number of ether oxygens (including phenoxy) is 1. The molecule has 6 aliphatic rings. The van der Waals surface area contributed by atoms with Crippen molar-refractivity contribution in [2.75, 3.05) is 0 Å². The summed E-state index contributed by atoms with van der Waals surface area (Å²) in [5, 5.41) is 21.6. The van der Waals surface area contributed by atoms with Gasteiger partial charge in [0.1, 0.15) is 5.78 Å². The lowest BCUT2D eigenvalue weighted by molar-refractivity contribution is -0.187. The maximum atomic E-state index is 13.5. The zero-order chi connectivity index (χ0) is 36.7. The van der Waals surface area contributed by atoms with Crippen LogP contribution in [-0.4, -0.2) is 51.3 Å². The maximum absolute atomic E-state index is 13.5. The van der Waals surface area contributed by atoms with Crippen molar-refractivity contribution in [1.29, 1.82) is 0 Å². The molecule has 0 aromatic rings. The smallest absolute Gasteiger partial charge is 0.306 e. The monoisotopic (exact) mass is 726 g/mol. The number of fused-ring (bicyclic) bond motifs is 7. The Morgan fingerprint density at radius 2 is 1.69 bits per heavy atom. The largest absolute Gasteiger partial charge is 0.450 e. The van der Waals surface area contributed by atoms with Crippen molar-refractivity contribution in [3.8, 4) is 0 Å². The molecule has 0 aromatic heterocycles. The molecule has 8 heteroatoms. The van der Waals surface area contributed by atoms with Crippen LogP contribution < -0.4 is 0 Å². The van der Waals surface area contributed by atoms with E-state index in [1.165, 1.54) is 0 Å². The first-order valence-electron chi connectivity index (χ1n) is 20.5. The van der Waals surface area contributed by atoms with E-state index in [0.29, 0.717) is 42.6 Å². The number of carbonyl (C=O) groups is 4. The second-order valence-electron chi connectivity index (χ2n) is 17.9. The van der Waals surface area contributed by atoms with Gasteiger partial charge in [-0.05, 0) is 112 Å². The predicted molar refractivity (Wildman–Crippen MR) is 198 cm³/mol. The molecule has 51 heavy (non-hydrogen) atoms. The Kier molecular flexibility index (Phi) is 11.8. The van der Waals surface area contributed by atoms with Crippen molar-refractivity contribution in [2.24, 2.45) is 52.3 Å². The fraction of sp³-hybridized carbons (Fsp3) is 0.814. The van der Waals surface area contributed by atoms with Crippen LogP contribution in [0.4, 0.5) is 0 Å². The van der Waals surface area contributed by atoms with Crippen molar-refractivity contribution >= 4 is 34.9 Å². The van der Waals surface area contributed by atoms with Crippen LogP contribution in [0.3, 0.4) is 0 Å². The Balaban J connectivity index is 0.971. The molecule has 284 valence electrons. The van der Waals surface area contributed by atoms with E-state index in [2.05, 4.69) is 26.8 Å². The van der Waals surface area contributed by atoms with E-state index in [9.17, 15) is 29.4 Å². The van der Waals surface area contributed by atoms with Crippen LogP contribution in [0.5, 0.6) is 0 Å². The Morgan fingerprint density at radius 3 is 2.43 bits per heavy atom. The molecule has 4 fully saturated rings. The van der Waals surface area contributed by atoms with Gasteiger partial charge in [0.2, 0.25) is 0 Å². The summed E-state index contributed by atoms with van der Waals surface area (Å²) in [4.78, 5) is 52.2. The molecule has 9 unspecified atom stereocenters. The summed E-state index contributed by atoms with van der Waals surface area (Å²) in [7, 11) is 0. The third kappa shape index (κ3) is 7.11. The van der Waals surface area contributed by atoms with Crippen molar-refractivity contribution < 1.29 is 34.1 Å². The van der Waals surface area contributed by atoms with Crippen molar-refractivity contribution in [2.45, 2.75) is 167 Å². The van der Waals surface area contributed by atoms with Gasteiger partial charge in [0.15, 0.2) is 17.2 Å². The maximum Gasteiger partial charge on any atom is 0.306 e. The van der Waals surface area contributed by atoms with Crippen LogP contribution in [0, 0.1) is 52.3 Å². The topological polar surface area (TPSA) is 118 Å². The number of halogens is 1. The molecule has 4 saturated carbocycles. The van der Waals surface area contributed by atoms with Crippen LogP contribution in [0.15, 0.2) is 22.8 Å². The van der Waals surface area contributed by atoms with E-state index in [-0.39, 0.29) is 77.3 Å². The molecule has 0 bridgehead atoms.